The van der Waals surface area contributed by atoms with Crippen LogP contribution in [0.15, 0.2) is 6.20 Å². The van der Waals surface area contributed by atoms with Gasteiger partial charge < -0.3 is 4.74 Å². The molecule has 98 valence electrons. The smallest absolute Gasteiger partial charge is 0.310 e. The van der Waals surface area contributed by atoms with Crippen LogP contribution in [0.1, 0.15) is 23.2 Å². The molecule has 0 aliphatic carbocycles. The Morgan fingerprint density at radius 1 is 1.61 bits per heavy atom. The molecule has 1 aromatic heterocycles. The van der Waals surface area contributed by atoms with Crippen LogP contribution in [0.3, 0.4) is 0 Å². The molecule has 0 unspecified atom stereocenters. The molecule has 0 amide bonds. The third kappa shape index (κ3) is 2.76. The van der Waals surface area contributed by atoms with E-state index >= 15 is 0 Å². The molecule has 1 rings (SSSR count). The predicted molar refractivity (Wildman–Crippen MR) is 56.3 cm³/mol. The van der Waals surface area contributed by atoms with E-state index in [0.717, 1.165) is 13.3 Å². The van der Waals surface area contributed by atoms with Crippen molar-refractivity contribution < 1.29 is 23.2 Å². The first-order valence-electron chi connectivity index (χ1n) is 4.86. The molecule has 0 radical (unpaired) electrons. The van der Waals surface area contributed by atoms with E-state index in [1.54, 1.807) is 0 Å². The summed E-state index contributed by atoms with van der Waals surface area (Å²) in [4.78, 5) is 24.6. The summed E-state index contributed by atoms with van der Waals surface area (Å²) in [5.74, 6) is -0.828. The van der Waals surface area contributed by atoms with Crippen molar-refractivity contribution in [3.63, 3.8) is 0 Å². The fourth-order valence-electron chi connectivity index (χ4n) is 1.51. The standard InChI is InChI=1S/C10H10F2N2O4/c1-5-9(10(11)12)6(3-8(15)18-2)7(4-13-5)14(16)17/h4,10H,3H2,1-2H3. The third-order valence-corrected chi connectivity index (χ3v) is 2.37. The Bertz CT molecular complexity index is 491. The summed E-state index contributed by atoms with van der Waals surface area (Å²) >= 11 is 0. The second kappa shape index (κ2) is 5.48. The monoisotopic (exact) mass is 260 g/mol. The Morgan fingerprint density at radius 2 is 2.22 bits per heavy atom. The van der Waals surface area contributed by atoms with E-state index in [-0.39, 0.29) is 11.3 Å². The maximum atomic E-state index is 12.9. The second-order valence-electron chi connectivity index (χ2n) is 3.43. The van der Waals surface area contributed by atoms with E-state index in [1.807, 2.05) is 0 Å². The first-order chi connectivity index (χ1) is 8.38. The van der Waals surface area contributed by atoms with Crippen LogP contribution in [0.5, 0.6) is 0 Å². The lowest BCUT2D eigenvalue weighted by molar-refractivity contribution is -0.386. The lowest BCUT2D eigenvalue weighted by Gasteiger charge is -2.10. The first kappa shape index (κ1) is 13.9. The molecule has 1 heterocycles. The Kier molecular flexibility index (Phi) is 4.24. The number of nitro groups is 1. The number of rotatable bonds is 4. The largest absolute Gasteiger partial charge is 0.469 e. The molecule has 0 aliphatic heterocycles. The quantitative estimate of drug-likeness (QED) is 0.469. The molecule has 6 nitrogen and oxygen atoms in total. The summed E-state index contributed by atoms with van der Waals surface area (Å²) in [5.41, 5.74) is -1.60. The van der Waals surface area contributed by atoms with Gasteiger partial charge in [-0.2, -0.15) is 0 Å². The Morgan fingerprint density at radius 3 is 2.67 bits per heavy atom. The Labute approximate surface area is 101 Å². The van der Waals surface area contributed by atoms with Crippen LogP contribution in [-0.2, 0) is 16.0 Å². The summed E-state index contributed by atoms with van der Waals surface area (Å²) in [6, 6.07) is 0. The summed E-state index contributed by atoms with van der Waals surface area (Å²) < 4.78 is 30.1. The SMILES string of the molecule is COC(=O)Cc1c([N+](=O)[O-])cnc(C)c1C(F)F. The number of carbonyl (C=O) groups is 1. The van der Waals surface area contributed by atoms with Crippen LogP contribution in [0.4, 0.5) is 14.5 Å². The van der Waals surface area contributed by atoms with Crippen molar-refractivity contribution in [1.82, 2.24) is 4.98 Å². The van der Waals surface area contributed by atoms with Gasteiger partial charge in [0.1, 0.15) is 6.20 Å². The highest BCUT2D eigenvalue weighted by atomic mass is 19.3. The van der Waals surface area contributed by atoms with Crippen molar-refractivity contribution in [3.8, 4) is 0 Å². The highest BCUT2D eigenvalue weighted by molar-refractivity contribution is 5.75. The number of hydrogen-bond acceptors (Lipinski definition) is 5. The Hall–Kier alpha value is -2.12. The average Bonchev–Trinajstić information content (AvgIpc) is 2.27. The summed E-state index contributed by atoms with van der Waals surface area (Å²) in [5, 5.41) is 10.7. The van der Waals surface area contributed by atoms with E-state index in [0.29, 0.717) is 0 Å². The van der Waals surface area contributed by atoms with Crippen molar-refractivity contribution in [1.29, 1.82) is 0 Å². The van der Waals surface area contributed by atoms with Gasteiger partial charge in [0.2, 0.25) is 0 Å². The van der Waals surface area contributed by atoms with Gasteiger partial charge in [-0.15, -0.1) is 0 Å². The number of hydrogen-bond donors (Lipinski definition) is 0. The van der Waals surface area contributed by atoms with Crippen LogP contribution in [0, 0.1) is 17.0 Å². The van der Waals surface area contributed by atoms with Crippen molar-refractivity contribution in [2.75, 3.05) is 7.11 Å². The highest BCUT2D eigenvalue weighted by Crippen LogP contribution is 2.31. The van der Waals surface area contributed by atoms with Crippen LogP contribution in [0.25, 0.3) is 0 Å². The maximum absolute atomic E-state index is 12.9. The number of methoxy groups -OCH3 is 1. The van der Waals surface area contributed by atoms with Crippen LogP contribution in [0.2, 0.25) is 0 Å². The zero-order chi connectivity index (χ0) is 13.9. The molecular formula is C10H10F2N2O4. The normalized spacial score (nSPS) is 10.5. The number of esters is 1. The molecule has 0 aromatic carbocycles. The molecule has 0 fully saturated rings. The fraction of sp³-hybridized carbons (Fsp3) is 0.400. The average molecular weight is 260 g/mol. The first-order valence-corrected chi connectivity index (χ1v) is 4.86. The molecule has 18 heavy (non-hydrogen) atoms. The van der Waals surface area contributed by atoms with E-state index < -0.39 is 35.0 Å². The van der Waals surface area contributed by atoms with Crippen molar-refractivity contribution in [3.05, 3.63) is 33.1 Å². The van der Waals surface area contributed by atoms with Crippen molar-refractivity contribution >= 4 is 11.7 Å². The molecule has 0 saturated carbocycles. The minimum atomic E-state index is -2.95. The highest BCUT2D eigenvalue weighted by Gasteiger charge is 2.27. The minimum absolute atomic E-state index is 0.0468. The van der Waals surface area contributed by atoms with Gasteiger partial charge in [-0.3, -0.25) is 19.9 Å². The fourth-order valence-corrected chi connectivity index (χ4v) is 1.51. The molecule has 1 aromatic rings. The molecule has 0 atom stereocenters. The number of aromatic nitrogens is 1. The van der Waals surface area contributed by atoms with Gasteiger partial charge >= 0.3 is 5.97 Å². The molecule has 0 aliphatic rings. The number of aryl methyl sites for hydroxylation is 1. The van der Waals surface area contributed by atoms with Crippen LogP contribution in [-0.4, -0.2) is 23.0 Å². The third-order valence-electron chi connectivity index (χ3n) is 2.37. The van der Waals surface area contributed by atoms with Crippen molar-refractivity contribution in [2.24, 2.45) is 0 Å². The summed E-state index contributed by atoms with van der Waals surface area (Å²) in [6.45, 7) is 1.30. The molecule has 0 saturated heterocycles. The molecule has 0 spiro atoms. The number of halogens is 2. The van der Waals surface area contributed by atoms with E-state index in [9.17, 15) is 23.7 Å². The molecular weight excluding hydrogens is 250 g/mol. The summed E-state index contributed by atoms with van der Waals surface area (Å²) in [7, 11) is 1.07. The van der Waals surface area contributed by atoms with Crippen molar-refractivity contribution in [2.45, 2.75) is 19.8 Å². The predicted octanol–water partition coefficient (Wildman–Crippen LogP) is 1.95. The van der Waals surface area contributed by atoms with Gasteiger partial charge in [0.05, 0.1) is 24.0 Å². The second-order valence-corrected chi connectivity index (χ2v) is 3.43. The van der Waals surface area contributed by atoms with Crippen LogP contribution >= 0.6 is 0 Å². The maximum Gasteiger partial charge on any atom is 0.310 e. The number of ether oxygens (including phenoxy) is 1. The minimum Gasteiger partial charge on any atom is -0.469 e. The number of pyridine rings is 1. The Balaban J connectivity index is 3.43. The molecule has 0 N–H and O–H groups in total. The lowest BCUT2D eigenvalue weighted by atomic mass is 10.0. The van der Waals surface area contributed by atoms with Crippen LogP contribution < -0.4 is 0 Å². The van der Waals surface area contributed by atoms with Gasteiger partial charge in [0.25, 0.3) is 12.1 Å². The topological polar surface area (TPSA) is 82.3 Å². The number of alkyl halides is 2. The number of nitrogens with zero attached hydrogens (tertiary/aromatic N) is 2. The molecule has 0 bridgehead atoms. The van der Waals surface area contributed by atoms with Gasteiger partial charge in [-0.25, -0.2) is 8.78 Å². The van der Waals surface area contributed by atoms with Gasteiger partial charge in [-0.1, -0.05) is 0 Å². The van der Waals surface area contributed by atoms with Gasteiger partial charge in [0, 0.05) is 11.3 Å². The van der Waals surface area contributed by atoms with Gasteiger partial charge in [-0.05, 0) is 6.92 Å². The van der Waals surface area contributed by atoms with E-state index in [4.69, 9.17) is 0 Å². The summed E-state index contributed by atoms with van der Waals surface area (Å²) in [6.07, 6.45) is -2.67. The molecule has 8 heteroatoms. The lowest BCUT2D eigenvalue weighted by Crippen LogP contribution is -2.12. The van der Waals surface area contributed by atoms with Gasteiger partial charge in [0.15, 0.2) is 0 Å². The van der Waals surface area contributed by atoms with E-state index in [1.165, 1.54) is 6.92 Å². The number of carbonyl (C=O) groups excluding carboxylic acids is 1. The van der Waals surface area contributed by atoms with E-state index in [2.05, 4.69) is 9.72 Å². The zero-order valence-corrected chi connectivity index (χ0v) is 9.65. The zero-order valence-electron chi connectivity index (χ0n) is 9.65.